The molecule has 0 bridgehead atoms. The van der Waals surface area contributed by atoms with Crippen LogP contribution >= 0.6 is 11.6 Å². The molecular formula is C11H10ClN7. The van der Waals surface area contributed by atoms with Crippen LogP contribution in [0.25, 0.3) is 0 Å². The summed E-state index contributed by atoms with van der Waals surface area (Å²) in [5.74, 6) is 0.297. The fourth-order valence-electron chi connectivity index (χ4n) is 1.36. The molecule has 7 nitrogen and oxygen atoms in total. The highest BCUT2D eigenvalue weighted by Crippen LogP contribution is 2.20. The Morgan fingerprint density at radius 3 is 2.68 bits per heavy atom. The van der Waals surface area contributed by atoms with Gasteiger partial charge < -0.3 is 11.1 Å². The van der Waals surface area contributed by atoms with Gasteiger partial charge in [0.25, 0.3) is 0 Å². The standard InChI is InChI=1S/C11H10ClN7/c1-6-2-3-7(4-8(6)14)16-11-18-9(12)17-10(19-11)15-5-13/h2-4H,14H2,1H3,(H2,15,16,17,18,19). The monoisotopic (exact) mass is 275 g/mol. The van der Waals surface area contributed by atoms with Crippen LogP contribution in [0.15, 0.2) is 18.2 Å². The molecule has 8 heteroatoms. The number of nitrogen functional groups attached to an aromatic ring is 1. The lowest BCUT2D eigenvalue weighted by molar-refractivity contribution is 1.06. The first-order valence-corrected chi connectivity index (χ1v) is 5.66. The number of aromatic nitrogens is 3. The minimum Gasteiger partial charge on any atom is -0.398 e. The maximum Gasteiger partial charge on any atom is 0.242 e. The summed E-state index contributed by atoms with van der Waals surface area (Å²) in [6, 6.07) is 5.46. The minimum atomic E-state index is -0.0182. The van der Waals surface area contributed by atoms with Gasteiger partial charge >= 0.3 is 0 Å². The smallest absolute Gasteiger partial charge is 0.242 e. The molecular weight excluding hydrogens is 266 g/mol. The summed E-state index contributed by atoms with van der Waals surface area (Å²) < 4.78 is 0. The predicted molar refractivity (Wildman–Crippen MR) is 72.9 cm³/mol. The molecule has 2 rings (SSSR count). The van der Waals surface area contributed by atoms with E-state index in [4.69, 9.17) is 22.6 Å². The highest BCUT2D eigenvalue weighted by molar-refractivity contribution is 6.28. The largest absolute Gasteiger partial charge is 0.398 e. The van der Waals surface area contributed by atoms with Crippen molar-refractivity contribution >= 4 is 34.9 Å². The van der Waals surface area contributed by atoms with Gasteiger partial charge in [-0.05, 0) is 36.2 Å². The summed E-state index contributed by atoms with van der Waals surface area (Å²) in [6.45, 7) is 1.91. The molecule has 0 unspecified atom stereocenters. The van der Waals surface area contributed by atoms with Crippen LogP contribution in [-0.4, -0.2) is 15.0 Å². The van der Waals surface area contributed by atoms with E-state index < -0.39 is 0 Å². The summed E-state index contributed by atoms with van der Waals surface area (Å²) in [6.07, 6.45) is 1.71. The fraction of sp³-hybridized carbons (Fsp3) is 0.0909. The van der Waals surface area contributed by atoms with E-state index in [-0.39, 0.29) is 17.2 Å². The molecule has 0 spiro atoms. The lowest BCUT2D eigenvalue weighted by atomic mass is 10.2. The van der Waals surface area contributed by atoms with Gasteiger partial charge in [0, 0.05) is 11.4 Å². The molecule has 1 heterocycles. The SMILES string of the molecule is Cc1ccc(Nc2nc(Cl)nc(NC#N)n2)cc1N. The van der Waals surface area contributed by atoms with E-state index in [1.54, 1.807) is 12.3 Å². The van der Waals surface area contributed by atoms with Crippen LogP contribution in [-0.2, 0) is 0 Å². The maximum absolute atomic E-state index is 8.52. The second kappa shape index (κ2) is 5.37. The van der Waals surface area contributed by atoms with Gasteiger partial charge in [0.15, 0.2) is 6.19 Å². The fourth-order valence-corrected chi connectivity index (χ4v) is 1.52. The molecule has 0 atom stereocenters. The van der Waals surface area contributed by atoms with Crippen molar-refractivity contribution < 1.29 is 0 Å². The van der Waals surface area contributed by atoms with Crippen molar-refractivity contribution in [2.75, 3.05) is 16.4 Å². The average Bonchev–Trinajstić information content (AvgIpc) is 2.33. The van der Waals surface area contributed by atoms with Gasteiger partial charge in [0.05, 0.1) is 0 Å². The average molecular weight is 276 g/mol. The highest BCUT2D eigenvalue weighted by atomic mass is 35.5. The van der Waals surface area contributed by atoms with E-state index in [1.165, 1.54) is 0 Å². The molecule has 0 saturated heterocycles. The molecule has 0 amide bonds. The zero-order valence-electron chi connectivity index (χ0n) is 9.98. The first kappa shape index (κ1) is 12.9. The topological polar surface area (TPSA) is 113 Å². The minimum absolute atomic E-state index is 0.0182. The third-order valence-corrected chi connectivity index (χ3v) is 2.48. The number of rotatable bonds is 3. The van der Waals surface area contributed by atoms with Gasteiger partial charge in [-0.1, -0.05) is 6.07 Å². The van der Waals surface area contributed by atoms with Crippen molar-refractivity contribution in [3.8, 4) is 6.19 Å². The third-order valence-electron chi connectivity index (χ3n) is 2.31. The van der Waals surface area contributed by atoms with Gasteiger partial charge in [0.2, 0.25) is 17.2 Å². The summed E-state index contributed by atoms with van der Waals surface area (Å²) in [5, 5.41) is 13.7. The number of nitrogens with two attached hydrogens (primary N) is 1. The van der Waals surface area contributed by atoms with Crippen LogP contribution < -0.4 is 16.4 Å². The summed E-state index contributed by atoms with van der Waals surface area (Å²) in [5.41, 5.74) is 8.15. The van der Waals surface area contributed by atoms with E-state index in [9.17, 15) is 0 Å². The lowest BCUT2D eigenvalue weighted by Crippen LogP contribution is -2.04. The molecule has 1 aromatic heterocycles. The lowest BCUT2D eigenvalue weighted by Gasteiger charge is -2.07. The molecule has 0 aliphatic carbocycles. The zero-order valence-corrected chi connectivity index (χ0v) is 10.7. The summed E-state index contributed by atoms with van der Waals surface area (Å²) in [4.78, 5) is 11.6. The van der Waals surface area contributed by atoms with E-state index >= 15 is 0 Å². The molecule has 2 aromatic rings. The second-order valence-corrected chi connectivity index (χ2v) is 4.02. The highest BCUT2D eigenvalue weighted by Gasteiger charge is 2.05. The Balaban J connectivity index is 2.27. The van der Waals surface area contributed by atoms with Crippen LogP contribution in [0.5, 0.6) is 0 Å². The van der Waals surface area contributed by atoms with Crippen molar-refractivity contribution in [2.24, 2.45) is 0 Å². The Kier molecular flexibility index (Phi) is 3.63. The number of nitriles is 1. The van der Waals surface area contributed by atoms with E-state index in [1.807, 2.05) is 19.1 Å². The molecule has 0 saturated carbocycles. The van der Waals surface area contributed by atoms with Crippen molar-refractivity contribution in [3.63, 3.8) is 0 Å². The van der Waals surface area contributed by atoms with Crippen LogP contribution in [0.2, 0.25) is 5.28 Å². The number of anilines is 4. The number of benzene rings is 1. The Morgan fingerprint density at radius 1 is 1.26 bits per heavy atom. The van der Waals surface area contributed by atoms with Crippen molar-refractivity contribution in [2.45, 2.75) is 6.92 Å². The van der Waals surface area contributed by atoms with Crippen LogP contribution in [0.4, 0.5) is 23.3 Å². The normalized spacial score (nSPS) is 9.74. The first-order valence-electron chi connectivity index (χ1n) is 5.28. The quantitative estimate of drug-likeness (QED) is 0.446. The van der Waals surface area contributed by atoms with Gasteiger partial charge in [-0.3, -0.25) is 5.32 Å². The number of aryl methyl sites for hydroxylation is 1. The number of nitrogens with one attached hydrogen (secondary N) is 2. The van der Waals surface area contributed by atoms with E-state index in [0.29, 0.717) is 11.4 Å². The third kappa shape index (κ3) is 3.20. The first-order chi connectivity index (χ1) is 9.08. The summed E-state index contributed by atoms with van der Waals surface area (Å²) >= 11 is 5.73. The molecule has 0 aliphatic rings. The van der Waals surface area contributed by atoms with Crippen LogP contribution in [0.3, 0.4) is 0 Å². The number of hydrogen-bond donors (Lipinski definition) is 3. The molecule has 0 radical (unpaired) electrons. The van der Waals surface area contributed by atoms with Crippen molar-refractivity contribution in [1.82, 2.24) is 15.0 Å². The number of halogens is 1. The number of nitrogens with zero attached hydrogens (tertiary/aromatic N) is 4. The molecule has 96 valence electrons. The zero-order chi connectivity index (χ0) is 13.8. The van der Waals surface area contributed by atoms with E-state index in [0.717, 1.165) is 5.56 Å². The predicted octanol–water partition coefficient (Wildman–Crippen LogP) is 2.05. The Labute approximate surface area is 114 Å². The molecule has 4 N–H and O–H groups in total. The summed E-state index contributed by atoms with van der Waals surface area (Å²) in [7, 11) is 0. The molecule has 0 fully saturated rings. The number of hydrogen-bond acceptors (Lipinski definition) is 7. The Morgan fingerprint density at radius 2 is 2.00 bits per heavy atom. The molecule has 19 heavy (non-hydrogen) atoms. The van der Waals surface area contributed by atoms with Crippen molar-refractivity contribution in [3.05, 3.63) is 29.0 Å². The second-order valence-electron chi connectivity index (χ2n) is 3.68. The van der Waals surface area contributed by atoms with Crippen LogP contribution in [0, 0.1) is 18.4 Å². The van der Waals surface area contributed by atoms with Crippen molar-refractivity contribution in [1.29, 1.82) is 5.26 Å². The maximum atomic E-state index is 8.52. The molecule has 0 aliphatic heterocycles. The van der Waals surface area contributed by atoms with Gasteiger partial charge in [-0.15, -0.1) is 0 Å². The Bertz CT molecular complexity index is 650. The van der Waals surface area contributed by atoms with Crippen LogP contribution in [0.1, 0.15) is 5.56 Å². The Hall–Kier alpha value is -2.59. The van der Waals surface area contributed by atoms with Gasteiger partial charge in [-0.2, -0.15) is 20.2 Å². The van der Waals surface area contributed by atoms with E-state index in [2.05, 4.69) is 25.6 Å². The van der Waals surface area contributed by atoms with Gasteiger partial charge in [-0.25, -0.2) is 0 Å². The molecule has 1 aromatic carbocycles. The van der Waals surface area contributed by atoms with Gasteiger partial charge in [0.1, 0.15) is 0 Å².